The molecule has 152 valence electrons. The van der Waals surface area contributed by atoms with Crippen molar-refractivity contribution in [1.29, 1.82) is 0 Å². The lowest BCUT2D eigenvalue weighted by molar-refractivity contribution is -0.351. The van der Waals surface area contributed by atoms with Gasteiger partial charge in [0.2, 0.25) is 0 Å². The van der Waals surface area contributed by atoms with Crippen molar-refractivity contribution in [1.82, 2.24) is 0 Å². The molecule has 0 aromatic rings. The molecule has 0 aromatic heterocycles. The highest BCUT2D eigenvalue weighted by molar-refractivity contribution is 4.93. The number of hydrogen-bond donors (Lipinski definition) is 5. The first-order valence-corrected chi connectivity index (χ1v) is 9.35. The van der Waals surface area contributed by atoms with E-state index >= 15 is 0 Å². The lowest BCUT2D eigenvalue weighted by Gasteiger charge is -2.46. The molecule has 10 atom stereocenters. The minimum absolute atomic E-state index is 0.318. The third-order valence-corrected chi connectivity index (χ3v) is 5.57. The van der Waals surface area contributed by atoms with Crippen molar-refractivity contribution in [2.24, 2.45) is 5.92 Å². The molecule has 6 aliphatic heterocycles. The van der Waals surface area contributed by atoms with Crippen LogP contribution in [0.15, 0.2) is 0 Å². The van der Waals surface area contributed by atoms with Crippen LogP contribution >= 0.6 is 0 Å². The summed E-state index contributed by atoms with van der Waals surface area (Å²) in [6, 6.07) is 0. The van der Waals surface area contributed by atoms with Gasteiger partial charge in [0.05, 0.1) is 24.9 Å². The molecule has 6 aliphatic rings. The Morgan fingerprint density at radius 3 is 2.27 bits per heavy atom. The van der Waals surface area contributed by atoms with Crippen LogP contribution < -0.4 is 0 Å². The van der Waals surface area contributed by atoms with Crippen LogP contribution in [0.1, 0.15) is 32.6 Å². The summed E-state index contributed by atoms with van der Waals surface area (Å²) in [5.41, 5.74) is 0. The van der Waals surface area contributed by atoms with Gasteiger partial charge >= 0.3 is 0 Å². The van der Waals surface area contributed by atoms with E-state index in [1.165, 1.54) is 0 Å². The molecule has 9 heteroatoms. The monoisotopic (exact) mass is 378 g/mol. The highest BCUT2D eigenvalue weighted by Crippen LogP contribution is 2.34. The highest BCUT2D eigenvalue weighted by Gasteiger charge is 2.49. The third-order valence-electron chi connectivity index (χ3n) is 5.57. The van der Waals surface area contributed by atoms with Crippen LogP contribution in [0.5, 0.6) is 0 Å². The fourth-order valence-corrected chi connectivity index (χ4v) is 3.98. The standard InChI is InChI=1S/C17H30O9/c1-8-15-12(20)14(22)16(24-8)23-6-4-2-3-5-9-10(7-18)25-17(26-15)13(21)11(9)19/h8-22H,2-7H2,1H3/t8?,9?,10?,11-,12+,13+,14+,15?,16+,17-/m0/s1. The molecular formula is C17H30O9. The third kappa shape index (κ3) is 4.06. The Morgan fingerprint density at radius 2 is 1.54 bits per heavy atom. The fraction of sp³-hybridized carbons (Fsp3) is 1.00. The molecule has 26 heavy (non-hydrogen) atoms. The first-order chi connectivity index (χ1) is 12.4. The molecule has 0 saturated carbocycles. The maximum Gasteiger partial charge on any atom is 0.187 e. The van der Waals surface area contributed by atoms with Gasteiger partial charge in [-0.25, -0.2) is 0 Å². The van der Waals surface area contributed by atoms with Crippen LogP contribution in [-0.2, 0) is 18.9 Å². The van der Waals surface area contributed by atoms with E-state index in [1.54, 1.807) is 6.92 Å². The Bertz CT molecular complexity index is 448. The average molecular weight is 378 g/mol. The summed E-state index contributed by atoms with van der Waals surface area (Å²) in [5.74, 6) is -0.415. The van der Waals surface area contributed by atoms with Crippen LogP contribution in [0, 0.1) is 5.92 Å². The Morgan fingerprint density at radius 1 is 0.808 bits per heavy atom. The number of hydrogen-bond acceptors (Lipinski definition) is 9. The van der Waals surface area contributed by atoms with E-state index in [0.717, 1.165) is 19.3 Å². The van der Waals surface area contributed by atoms with E-state index in [1.807, 2.05) is 0 Å². The molecule has 4 unspecified atom stereocenters. The molecule has 0 aromatic carbocycles. The van der Waals surface area contributed by atoms with Crippen LogP contribution in [0.25, 0.3) is 0 Å². The summed E-state index contributed by atoms with van der Waals surface area (Å²) < 4.78 is 22.5. The fourth-order valence-electron chi connectivity index (χ4n) is 3.98. The largest absolute Gasteiger partial charge is 0.394 e. The molecule has 6 rings (SSSR count). The van der Waals surface area contributed by atoms with Crippen molar-refractivity contribution in [3.63, 3.8) is 0 Å². The lowest BCUT2D eigenvalue weighted by Crippen LogP contribution is -2.62. The number of rotatable bonds is 1. The number of ether oxygens (including phenoxy) is 4. The molecule has 0 aliphatic carbocycles. The summed E-state index contributed by atoms with van der Waals surface area (Å²) >= 11 is 0. The predicted octanol–water partition coefficient (Wildman–Crippen LogP) is -1.52. The first kappa shape index (κ1) is 20.4. The molecule has 4 bridgehead atoms. The van der Waals surface area contributed by atoms with E-state index < -0.39 is 61.2 Å². The van der Waals surface area contributed by atoms with E-state index in [9.17, 15) is 25.5 Å². The molecule has 6 fully saturated rings. The Hall–Kier alpha value is -0.360. The zero-order valence-electron chi connectivity index (χ0n) is 14.9. The maximum absolute atomic E-state index is 10.5. The topological polar surface area (TPSA) is 138 Å². The zero-order valence-corrected chi connectivity index (χ0v) is 14.9. The molecule has 0 spiro atoms. The van der Waals surface area contributed by atoms with Crippen molar-refractivity contribution in [2.75, 3.05) is 13.2 Å². The van der Waals surface area contributed by atoms with E-state index in [-0.39, 0.29) is 6.61 Å². The number of aliphatic hydroxyl groups excluding tert-OH is 5. The van der Waals surface area contributed by atoms with Crippen LogP contribution in [-0.4, -0.2) is 94.1 Å². The molecule has 0 radical (unpaired) electrons. The summed E-state index contributed by atoms with van der Waals surface area (Å²) in [7, 11) is 0. The lowest BCUT2D eigenvalue weighted by atomic mass is 9.85. The van der Waals surface area contributed by atoms with Crippen LogP contribution in [0.3, 0.4) is 0 Å². The van der Waals surface area contributed by atoms with Gasteiger partial charge in [-0.05, 0) is 19.8 Å². The van der Waals surface area contributed by atoms with Crippen molar-refractivity contribution in [3.05, 3.63) is 0 Å². The quantitative estimate of drug-likeness (QED) is 0.368. The molecule has 0 amide bonds. The maximum atomic E-state index is 10.5. The second kappa shape index (κ2) is 8.76. The summed E-state index contributed by atoms with van der Waals surface area (Å²) in [6.07, 6.45) is -6.73. The van der Waals surface area contributed by atoms with Gasteiger partial charge in [0, 0.05) is 12.5 Å². The molecular weight excluding hydrogens is 348 g/mol. The molecule has 5 N–H and O–H groups in total. The summed E-state index contributed by atoms with van der Waals surface area (Å²) in [5, 5.41) is 51.2. The van der Waals surface area contributed by atoms with E-state index in [0.29, 0.717) is 13.0 Å². The first-order valence-electron chi connectivity index (χ1n) is 9.35. The van der Waals surface area contributed by atoms with Crippen molar-refractivity contribution in [2.45, 2.75) is 87.9 Å². The smallest absolute Gasteiger partial charge is 0.187 e. The Kier molecular flexibility index (Phi) is 6.87. The van der Waals surface area contributed by atoms with Crippen molar-refractivity contribution >= 4 is 0 Å². The van der Waals surface area contributed by atoms with E-state index in [4.69, 9.17) is 18.9 Å². The summed E-state index contributed by atoms with van der Waals surface area (Å²) in [4.78, 5) is 0. The van der Waals surface area contributed by atoms with Crippen molar-refractivity contribution < 1.29 is 44.5 Å². The van der Waals surface area contributed by atoms with Gasteiger partial charge in [0.15, 0.2) is 12.6 Å². The second-order valence-corrected chi connectivity index (χ2v) is 7.38. The van der Waals surface area contributed by atoms with Gasteiger partial charge in [0.25, 0.3) is 0 Å². The van der Waals surface area contributed by atoms with Gasteiger partial charge in [-0.3, -0.25) is 0 Å². The number of aliphatic hydroxyl groups is 5. The predicted molar refractivity (Wildman–Crippen MR) is 86.9 cm³/mol. The average Bonchev–Trinajstić information content (AvgIpc) is 2.63. The van der Waals surface area contributed by atoms with Crippen molar-refractivity contribution in [3.8, 4) is 0 Å². The molecule has 9 nitrogen and oxygen atoms in total. The molecule has 6 saturated heterocycles. The van der Waals surface area contributed by atoms with Gasteiger partial charge in [0.1, 0.15) is 24.4 Å². The SMILES string of the molecule is CC1O[C@H]2OCCCCCC3C(CO)O[C@@H](OC1[C@H](O)[C@H]2O)[C@H](O)[C@H]3O. The minimum atomic E-state index is -1.33. The van der Waals surface area contributed by atoms with E-state index in [2.05, 4.69) is 0 Å². The Balaban J connectivity index is 1.83. The van der Waals surface area contributed by atoms with Gasteiger partial charge < -0.3 is 44.5 Å². The zero-order chi connectivity index (χ0) is 18.8. The minimum Gasteiger partial charge on any atom is -0.394 e. The van der Waals surface area contributed by atoms with Crippen LogP contribution in [0.4, 0.5) is 0 Å². The van der Waals surface area contributed by atoms with Gasteiger partial charge in [-0.1, -0.05) is 12.8 Å². The Labute approximate surface area is 152 Å². The highest BCUT2D eigenvalue weighted by atomic mass is 16.7. The van der Waals surface area contributed by atoms with Crippen LogP contribution in [0.2, 0.25) is 0 Å². The van der Waals surface area contributed by atoms with Gasteiger partial charge in [-0.15, -0.1) is 0 Å². The normalized spacial score (nSPS) is 51.0. The van der Waals surface area contributed by atoms with Gasteiger partial charge in [-0.2, -0.15) is 0 Å². The second-order valence-electron chi connectivity index (χ2n) is 7.38. The summed E-state index contributed by atoms with van der Waals surface area (Å²) in [6.45, 7) is 1.71. The molecule has 6 heterocycles.